The molecule has 2 atom stereocenters. The standard InChI is InChI=1S/C13H23N3O.ClH/c1-9(14)13-6-4-5-7-16(13)8-12-10(2)15-17-11(12)3;/h9,13H,4-8,14H2,1-3H3;1H. The third-order valence-corrected chi connectivity index (χ3v) is 3.81. The van der Waals surface area contributed by atoms with Crippen molar-refractivity contribution in [2.24, 2.45) is 5.73 Å². The van der Waals surface area contributed by atoms with Crippen LogP contribution in [0.5, 0.6) is 0 Å². The largest absolute Gasteiger partial charge is 0.361 e. The van der Waals surface area contributed by atoms with Crippen LogP contribution in [0.3, 0.4) is 0 Å². The summed E-state index contributed by atoms with van der Waals surface area (Å²) in [6, 6.07) is 0.730. The summed E-state index contributed by atoms with van der Waals surface area (Å²) in [6.45, 7) is 8.16. The van der Waals surface area contributed by atoms with Gasteiger partial charge in [0.25, 0.3) is 0 Å². The average Bonchev–Trinajstić information content (AvgIpc) is 2.61. The van der Waals surface area contributed by atoms with Gasteiger partial charge in [-0.15, -0.1) is 12.4 Å². The maximum Gasteiger partial charge on any atom is 0.138 e. The van der Waals surface area contributed by atoms with Crippen molar-refractivity contribution in [1.82, 2.24) is 10.1 Å². The van der Waals surface area contributed by atoms with Gasteiger partial charge in [-0.3, -0.25) is 4.90 Å². The molecule has 0 aromatic carbocycles. The van der Waals surface area contributed by atoms with Crippen molar-refractivity contribution in [3.63, 3.8) is 0 Å². The zero-order chi connectivity index (χ0) is 12.4. The summed E-state index contributed by atoms with van der Waals surface area (Å²) in [5.41, 5.74) is 8.33. The van der Waals surface area contributed by atoms with E-state index in [1.165, 1.54) is 24.8 Å². The smallest absolute Gasteiger partial charge is 0.138 e. The number of aryl methyl sites for hydroxylation is 2. The Balaban J connectivity index is 0.00000162. The van der Waals surface area contributed by atoms with Crippen molar-refractivity contribution in [1.29, 1.82) is 0 Å². The van der Waals surface area contributed by atoms with E-state index in [-0.39, 0.29) is 18.4 Å². The maximum atomic E-state index is 6.08. The van der Waals surface area contributed by atoms with Crippen LogP contribution < -0.4 is 5.73 Å². The average molecular weight is 274 g/mol. The molecule has 1 aromatic rings. The van der Waals surface area contributed by atoms with Crippen LogP contribution in [0.15, 0.2) is 4.52 Å². The van der Waals surface area contributed by atoms with Gasteiger partial charge in [-0.2, -0.15) is 0 Å². The first kappa shape index (κ1) is 15.5. The van der Waals surface area contributed by atoms with E-state index in [1.54, 1.807) is 0 Å². The van der Waals surface area contributed by atoms with Crippen molar-refractivity contribution in [3.8, 4) is 0 Å². The van der Waals surface area contributed by atoms with Crippen LogP contribution in [-0.4, -0.2) is 28.7 Å². The fraction of sp³-hybridized carbons (Fsp3) is 0.769. The van der Waals surface area contributed by atoms with Gasteiger partial charge < -0.3 is 10.3 Å². The van der Waals surface area contributed by atoms with Crippen LogP contribution in [-0.2, 0) is 6.54 Å². The Labute approximate surface area is 115 Å². The zero-order valence-electron chi connectivity index (χ0n) is 11.5. The number of likely N-dealkylation sites (tertiary alicyclic amines) is 1. The summed E-state index contributed by atoms with van der Waals surface area (Å²) in [7, 11) is 0. The normalized spacial score (nSPS) is 22.6. The highest BCUT2D eigenvalue weighted by Crippen LogP contribution is 2.23. The van der Waals surface area contributed by atoms with E-state index in [0.717, 1.165) is 24.5 Å². The van der Waals surface area contributed by atoms with E-state index in [1.807, 2.05) is 13.8 Å². The minimum Gasteiger partial charge on any atom is -0.361 e. The number of hydrogen-bond acceptors (Lipinski definition) is 4. The predicted molar refractivity (Wildman–Crippen MR) is 74.9 cm³/mol. The highest BCUT2D eigenvalue weighted by atomic mass is 35.5. The van der Waals surface area contributed by atoms with Gasteiger partial charge in [0.15, 0.2) is 0 Å². The second-order valence-corrected chi connectivity index (χ2v) is 5.20. The summed E-state index contributed by atoms with van der Waals surface area (Å²) in [6.07, 6.45) is 3.78. The second kappa shape index (κ2) is 6.55. The van der Waals surface area contributed by atoms with E-state index in [9.17, 15) is 0 Å². The molecule has 2 N–H and O–H groups in total. The molecule has 4 nitrogen and oxygen atoms in total. The Morgan fingerprint density at radius 1 is 1.44 bits per heavy atom. The molecule has 0 radical (unpaired) electrons. The summed E-state index contributed by atoms with van der Waals surface area (Å²) in [5.74, 6) is 0.941. The van der Waals surface area contributed by atoms with E-state index in [0.29, 0.717) is 6.04 Å². The van der Waals surface area contributed by atoms with Crippen LogP contribution in [0.2, 0.25) is 0 Å². The van der Waals surface area contributed by atoms with Crippen LogP contribution in [0, 0.1) is 13.8 Å². The Morgan fingerprint density at radius 2 is 2.17 bits per heavy atom. The molecule has 0 aliphatic carbocycles. The van der Waals surface area contributed by atoms with E-state index >= 15 is 0 Å². The van der Waals surface area contributed by atoms with Gasteiger partial charge in [-0.25, -0.2) is 0 Å². The van der Waals surface area contributed by atoms with E-state index < -0.39 is 0 Å². The number of piperidine rings is 1. The van der Waals surface area contributed by atoms with Gasteiger partial charge in [0, 0.05) is 24.2 Å². The minimum absolute atomic E-state index is 0. The molecule has 1 aliphatic heterocycles. The molecule has 2 heterocycles. The van der Waals surface area contributed by atoms with Gasteiger partial charge >= 0.3 is 0 Å². The molecule has 0 bridgehead atoms. The molecule has 104 valence electrons. The molecule has 0 amide bonds. The first-order valence-corrected chi connectivity index (χ1v) is 6.51. The monoisotopic (exact) mass is 273 g/mol. The SMILES string of the molecule is Cc1noc(C)c1CN1CCCCC1C(C)N.Cl. The van der Waals surface area contributed by atoms with E-state index in [2.05, 4.69) is 17.0 Å². The number of hydrogen-bond donors (Lipinski definition) is 1. The molecular weight excluding hydrogens is 250 g/mol. The summed E-state index contributed by atoms with van der Waals surface area (Å²) >= 11 is 0. The molecular formula is C13H24ClN3O. The third kappa shape index (κ3) is 3.25. The highest BCUT2D eigenvalue weighted by Gasteiger charge is 2.26. The van der Waals surface area contributed by atoms with Gasteiger partial charge in [0.2, 0.25) is 0 Å². The molecule has 1 saturated heterocycles. The van der Waals surface area contributed by atoms with Crippen LogP contribution >= 0.6 is 12.4 Å². The maximum absolute atomic E-state index is 6.08. The lowest BCUT2D eigenvalue weighted by Crippen LogP contribution is -2.48. The molecule has 0 saturated carbocycles. The Hall–Kier alpha value is -0.580. The number of halogens is 1. The molecule has 5 heteroatoms. The number of nitrogens with two attached hydrogens (primary N) is 1. The van der Waals surface area contributed by atoms with Crippen molar-refractivity contribution in [2.45, 2.75) is 58.7 Å². The fourth-order valence-corrected chi connectivity index (χ4v) is 2.74. The highest BCUT2D eigenvalue weighted by molar-refractivity contribution is 5.85. The topological polar surface area (TPSA) is 55.3 Å². The van der Waals surface area contributed by atoms with Gasteiger partial charge in [0.1, 0.15) is 5.76 Å². The molecule has 18 heavy (non-hydrogen) atoms. The van der Waals surface area contributed by atoms with Gasteiger partial charge in [0.05, 0.1) is 5.69 Å². The quantitative estimate of drug-likeness (QED) is 0.919. The molecule has 1 aromatic heterocycles. The summed E-state index contributed by atoms with van der Waals surface area (Å²) in [5, 5.41) is 4.02. The van der Waals surface area contributed by atoms with Crippen molar-refractivity contribution >= 4 is 12.4 Å². The number of rotatable bonds is 3. The number of nitrogens with zero attached hydrogens (tertiary/aromatic N) is 2. The molecule has 2 rings (SSSR count). The van der Waals surface area contributed by atoms with Crippen molar-refractivity contribution in [3.05, 3.63) is 17.0 Å². The summed E-state index contributed by atoms with van der Waals surface area (Å²) < 4.78 is 5.22. The zero-order valence-corrected chi connectivity index (χ0v) is 12.3. The third-order valence-electron chi connectivity index (χ3n) is 3.81. The van der Waals surface area contributed by atoms with Crippen LogP contribution in [0.1, 0.15) is 43.2 Å². The lowest BCUT2D eigenvalue weighted by atomic mass is 9.96. The lowest BCUT2D eigenvalue weighted by Gasteiger charge is -2.37. The Morgan fingerprint density at radius 3 is 2.72 bits per heavy atom. The molecule has 1 fully saturated rings. The minimum atomic E-state index is 0. The first-order valence-electron chi connectivity index (χ1n) is 6.51. The first-order chi connectivity index (χ1) is 8.09. The molecule has 0 spiro atoms. The fourth-order valence-electron chi connectivity index (χ4n) is 2.74. The van der Waals surface area contributed by atoms with Crippen LogP contribution in [0.4, 0.5) is 0 Å². The number of aromatic nitrogens is 1. The van der Waals surface area contributed by atoms with Gasteiger partial charge in [-0.1, -0.05) is 11.6 Å². The van der Waals surface area contributed by atoms with Crippen LogP contribution in [0.25, 0.3) is 0 Å². The molecule has 2 unspecified atom stereocenters. The predicted octanol–water partition coefficient (Wildman–Crippen LogP) is 2.41. The lowest BCUT2D eigenvalue weighted by molar-refractivity contribution is 0.122. The van der Waals surface area contributed by atoms with E-state index in [4.69, 9.17) is 10.3 Å². The Kier molecular flexibility index (Phi) is 5.63. The van der Waals surface area contributed by atoms with Crippen molar-refractivity contribution < 1.29 is 4.52 Å². The van der Waals surface area contributed by atoms with Crippen molar-refractivity contribution in [2.75, 3.05) is 6.54 Å². The Bertz CT molecular complexity index is 359. The second-order valence-electron chi connectivity index (χ2n) is 5.20. The van der Waals surface area contributed by atoms with Gasteiger partial charge in [-0.05, 0) is 40.2 Å². The molecule has 1 aliphatic rings. The summed E-state index contributed by atoms with van der Waals surface area (Å²) in [4.78, 5) is 2.49.